The Hall–Kier alpha value is -1.31. The zero-order valence-corrected chi connectivity index (χ0v) is 12.0. The lowest BCUT2D eigenvalue weighted by Crippen LogP contribution is -1.90. The van der Waals surface area contributed by atoms with E-state index in [9.17, 15) is 4.79 Å². The topological polar surface area (TPSA) is 26.3 Å². The number of hydrogen-bond acceptors (Lipinski definition) is 2. The van der Waals surface area contributed by atoms with Crippen molar-refractivity contribution in [1.29, 1.82) is 0 Å². The number of aryl methyl sites for hydroxylation is 1. The molecule has 0 aromatic heterocycles. The molecule has 0 saturated heterocycles. The van der Waals surface area contributed by atoms with Gasteiger partial charge in [-0.05, 0) is 30.5 Å². The second-order valence-corrected chi connectivity index (χ2v) is 5.05. The molecule has 0 aliphatic heterocycles. The van der Waals surface area contributed by atoms with Gasteiger partial charge < -0.3 is 4.74 Å². The minimum absolute atomic E-state index is 0.565. The molecule has 2 heteroatoms. The summed E-state index contributed by atoms with van der Waals surface area (Å²) in [6, 6.07) is 7.69. The second-order valence-electron chi connectivity index (χ2n) is 5.05. The van der Waals surface area contributed by atoms with Crippen LogP contribution in [0.1, 0.15) is 63.9 Å². The van der Waals surface area contributed by atoms with Crippen molar-refractivity contribution in [2.24, 2.45) is 0 Å². The standard InChI is InChI=1S/C17H25O2/c1-2-3-4-5-6-7-8-9-10-16-11-13-17(14-12-16)19-15-18/h11-14H,2-10H2,1H3. The highest BCUT2D eigenvalue weighted by Crippen LogP contribution is 2.14. The highest BCUT2D eigenvalue weighted by molar-refractivity contribution is 5.46. The fourth-order valence-electron chi connectivity index (χ4n) is 2.24. The molecule has 0 spiro atoms. The molecule has 2 nitrogen and oxygen atoms in total. The Labute approximate surface area is 117 Å². The molecule has 19 heavy (non-hydrogen) atoms. The Balaban J connectivity index is 2.04. The molecule has 105 valence electrons. The average Bonchev–Trinajstić information content (AvgIpc) is 2.44. The Morgan fingerprint density at radius 1 is 0.895 bits per heavy atom. The predicted octanol–water partition coefficient (Wildman–Crippen LogP) is 4.82. The van der Waals surface area contributed by atoms with E-state index in [0.717, 1.165) is 6.42 Å². The van der Waals surface area contributed by atoms with Gasteiger partial charge in [0.25, 0.3) is 0 Å². The molecular weight excluding hydrogens is 236 g/mol. The normalized spacial score (nSPS) is 10.4. The SMILES string of the molecule is CCCCCCCCCCc1ccc(O[C]=O)cc1. The van der Waals surface area contributed by atoms with Crippen LogP contribution in [0.5, 0.6) is 5.75 Å². The summed E-state index contributed by atoms with van der Waals surface area (Å²) in [4.78, 5) is 10.1. The summed E-state index contributed by atoms with van der Waals surface area (Å²) in [5, 5.41) is 0. The van der Waals surface area contributed by atoms with E-state index >= 15 is 0 Å². The maximum atomic E-state index is 10.1. The van der Waals surface area contributed by atoms with Crippen LogP contribution in [0.3, 0.4) is 0 Å². The summed E-state index contributed by atoms with van der Waals surface area (Å²) in [5.74, 6) is 0.565. The van der Waals surface area contributed by atoms with Crippen LogP contribution in [0.15, 0.2) is 24.3 Å². The van der Waals surface area contributed by atoms with Crippen molar-refractivity contribution in [2.45, 2.75) is 64.7 Å². The summed E-state index contributed by atoms with van der Waals surface area (Å²) in [6.07, 6.45) is 11.9. The van der Waals surface area contributed by atoms with Crippen LogP contribution in [-0.4, -0.2) is 6.47 Å². The highest BCUT2D eigenvalue weighted by atomic mass is 16.5. The summed E-state index contributed by atoms with van der Waals surface area (Å²) in [5.41, 5.74) is 1.31. The van der Waals surface area contributed by atoms with E-state index < -0.39 is 0 Å². The molecular formula is C17H25O2. The Morgan fingerprint density at radius 2 is 1.47 bits per heavy atom. The molecule has 0 aliphatic carbocycles. The zero-order chi connectivity index (χ0) is 13.8. The van der Waals surface area contributed by atoms with Crippen LogP contribution in [-0.2, 0) is 11.2 Å². The van der Waals surface area contributed by atoms with Crippen molar-refractivity contribution < 1.29 is 9.53 Å². The summed E-state index contributed by atoms with van der Waals surface area (Å²) in [6.45, 7) is 3.69. The zero-order valence-electron chi connectivity index (χ0n) is 12.0. The van der Waals surface area contributed by atoms with Gasteiger partial charge in [0.05, 0.1) is 0 Å². The number of rotatable bonds is 11. The molecule has 0 amide bonds. The lowest BCUT2D eigenvalue weighted by atomic mass is 10.0. The quantitative estimate of drug-likeness (QED) is 0.534. The van der Waals surface area contributed by atoms with E-state index in [-0.39, 0.29) is 0 Å². The Bertz CT molecular complexity index is 330. The van der Waals surface area contributed by atoms with E-state index in [1.165, 1.54) is 63.4 Å². The van der Waals surface area contributed by atoms with Gasteiger partial charge in [0.15, 0.2) is 0 Å². The molecule has 1 rings (SSSR count). The molecule has 0 bridgehead atoms. The van der Waals surface area contributed by atoms with E-state index in [4.69, 9.17) is 0 Å². The molecule has 0 atom stereocenters. The van der Waals surface area contributed by atoms with E-state index in [0.29, 0.717) is 5.75 Å². The monoisotopic (exact) mass is 261 g/mol. The first-order valence-corrected chi connectivity index (χ1v) is 7.49. The van der Waals surface area contributed by atoms with Crippen molar-refractivity contribution in [2.75, 3.05) is 0 Å². The van der Waals surface area contributed by atoms with Gasteiger partial charge >= 0.3 is 6.47 Å². The summed E-state index contributed by atoms with van der Waals surface area (Å²) < 4.78 is 4.65. The molecule has 0 fully saturated rings. The first-order valence-electron chi connectivity index (χ1n) is 7.49. The summed E-state index contributed by atoms with van der Waals surface area (Å²) >= 11 is 0. The summed E-state index contributed by atoms with van der Waals surface area (Å²) in [7, 11) is 0. The molecule has 0 aliphatic rings. The second kappa shape index (κ2) is 10.6. The lowest BCUT2D eigenvalue weighted by molar-refractivity contribution is 0.442. The minimum Gasteiger partial charge on any atom is -0.418 e. The fourth-order valence-corrected chi connectivity index (χ4v) is 2.24. The molecule has 1 aromatic carbocycles. The highest BCUT2D eigenvalue weighted by Gasteiger charge is 1.96. The van der Waals surface area contributed by atoms with Gasteiger partial charge in [0, 0.05) is 0 Å². The lowest BCUT2D eigenvalue weighted by Gasteiger charge is -2.03. The number of carbonyl (C=O) groups excluding carboxylic acids is 1. The molecule has 0 N–H and O–H groups in total. The van der Waals surface area contributed by atoms with Crippen molar-refractivity contribution in [3.63, 3.8) is 0 Å². The van der Waals surface area contributed by atoms with Gasteiger partial charge in [-0.2, -0.15) is 0 Å². The molecule has 0 heterocycles. The van der Waals surface area contributed by atoms with Crippen molar-refractivity contribution in [1.82, 2.24) is 0 Å². The van der Waals surface area contributed by atoms with Crippen LogP contribution in [0, 0.1) is 0 Å². The maximum absolute atomic E-state index is 10.1. The van der Waals surface area contributed by atoms with E-state index in [1.807, 2.05) is 24.3 Å². The third kappa shape index (κ3) is 7.66. The van der Waals surface area contributed by atoms with E-state index in [1.54, 1.807) is 0 Å². The van der Waals surface area contributed by atoms with Gasteiger partial charge in [-0.3, -0.25) is 0 Å². The third-order valence-corrected chi connectivity index (χ3v) is 3.40. The molecule has 0 unspecified atom stereocenters. The maximum Gasteiger partial charge on any atom is 0.423 e. The van der Waals surface area contributed by atoms with Gasteiger partial charge in [-0.15, -0.1) is 0 Å². The van der Waals surface area contributed by atoms with Crippen molar-refractivity contribution in [3.05, 3.63) is 29.8 Å². The number of ether oxygens (including phenoxy) is 1. The molecule has 0 saturated carbocycles. The first kappa shape index (κ1) is 15.7. The van der Waals surface area contributed by atoms with Gasteiger partial charge in [0.1, 0.15) is 5.75 Å². The predicted molar refractivity (Wildman–Crippen MR) is 79.1 cm³/mol. The van der Waals surface area contributed by atoms with Crippen LogP contribution < -0.4 is 4.74 Å². The molecule has 1 aromatic rings. The van der Waals surface area contributed by atoms with Crippen LogP contribution >= 0.6 is 0 Å². The van der Waals surface area contributed by atoms with Crippen LogP contribution in [0.4, 0.5) is 0 Å². The Morgan fingerprint density at radius 3 is 2.05 bits per heavy atom. The largest absolute Gasteiger partial charge is 0.423 e. The first-order chi connectivity index (χ1) is 9.36. The fraction of sp³-hybridized carbons (Fsp3) is 0.588. The van der Waals surface area contributed by atoms with Gasteiger partial charge in [0.2, 0.25) is 0 Å². The van der Waals surface area contributed by atoms with E-state index in [2.05, 4.69) is 11.7 Å². The molecule has 1 radical (unpaired) electrons. The number of unbranched alkanes of at least 4 members (excludes halogenated alkanes) is 7. The minimum atomic E-state index is 0.565. The van der Waals surface area contributed by atoms with Crippen LogP contribution in [0.25, 0.3) is 0 Å². The Kier molecular flexibility index (Phi) is 8.78. The number of benzene rings is 1. The third-order valence-electron chi connectivity index (χ3n) is 3.40. The average molecular weight is 261 g/mol. The van der Waals surface area contributed by atoms with Crippen molar-refractivity contribution >= 4 is 6.47 Å². The van der Waals surface area contributed by atoms with Gasteiger partial charge in [-0.25, -0.2) is 4.79 Å². The number of hydrogen-bond donors (Lipinski definition) is 0. The van der Waals surface area contributed by atoms with Gasteiger partial charge in [-0.1, -0.05) is 64.0 Å². The van der Waals surface area contributed by atoms with Crippen molar-refractivity contribution in [3.8, 4) is 5.75 Å². The smallest absolute Gasteiger partial charge is 0.418 e. The van der Waals surface area contributed by atoms with Crippen LogP contribution in [0.2, 0.25) is 0 Å².